The number of aliphatic hydroxyl groups excluding tert-OH is 1. The van der Waals surface area contributed by atoms with Gasteiger partial charge in [-0.25, -0.2) is 0 Å². The van der Waals surface area contributed by atoms with Crippen molar-refractivity contribution >= 4 is 5.91 Å². The van der Waals surface area contributed by atoms with Gasteiger partial charge in [-0.05, 0) is 63.1 Å². The summed E-state index contributed by atoms with van der Waals surface area (Å²) in [7, 11) is 0. The highest BCUT2D eigenvalue weighted by Gasteiger charge is 2.34. The van der Waals surface area contributed by atoms with Crippen LogP contribution in [0.3, 0.4) is 0 Å². The van der Waals surface area contributed by atoms with Crippen molar-refractivity contribution in [2.24, 2.45) is 5.92 Å². The molecule has 2 heterocycles. The molecule has 4 nitrogen and oxygen atoms in total. The molecule has 3 rings (SSSR count). The van der Waals surface area contributed by atoms with Crippen LogP contribution in [0.1, 0.15) is 44.1 Å². The Balaban J connectivity index is 1.54. The number of hydrogen-bond acceptors (Lipinski definition) is 3. The average Bonchev–Trinajstić information content (AvgIpc) is 2.63. The Kier molecular flexibility index (Phi) is 6.27. The minimum absolute atomic E-state index is 0.0845. The lowest BCUT2D eigenvalue weighted by Gasteiger charge is -2.41. The molecule has 24 heavy (non-hydrogen) atoms. The fraction of sp³-hybridized carbons (Fsp3) is 0.650. The molecule has 4 heteroatoms. The monoisotopic (exact) mass is 330 g/mol. The van der Waals surface area contributed by atoms with E-state index < -0.39 is 0 Å². The molecule has 0 saturated carbocycles. The number of likely N-dealkylation sites (tertiary alicyclic amines) is 2. The Morgan fingerprint density at radius 1 is 1.04 bits per heavy atom. The van der Waals surface area contributed by atoms with Gasteiger partial charge in [-0.15, -0.1) is 0 Å². The Morgan fingerprint density at radius 3 is 2.50 bits per heavy atom. The van der Waals surface area contributed by atoms with Crippen LogP contribution in [-0.2, 0) is 11.3 Å². The van der Waals surface area contributed by atoms with Gasteiger partial charge in [-0.2, -0.15) is 0 Å². The van der Waals surface area contributed by atoms with Crippen molar-refractivity contribution in [3.05, 3.63) is 35.9 Å². The highest BCUT2D eigenvalue weighted by Crippen LogP contribution is 2.27. The van der Waals surface area contributed by atoms with Crippen molar-refractivity contribution in [2.45, 2.75) is 51.1 Å². The molecule has 2 fully saturated rings. The van der Waals surface area contributed by atoms with Gasteiger partial charge in [0.25, 0.3) is 0 Å². The van der Waals surface area contributed by atoms with E-state index in [1.165, 1.54) is 18.4 Å². The van der Waals surface area contributed by atoms with E-state index in [1.54, 1.807) is 0 Å². The van der Waals surface area contributed by atoms with Crippen LogP contribution in [0.4, 0.5) is 0 Å². The summed E-state index contributed by atoms with van der Waals surface area (Å²) in [6, 6.07) is 10.4. The SMILES string of the molecule is O=C1C(N2CCC(CCCO)CC2)CCCN1Cc1ccccc1. The summed E-state index contributed by atoms with van der Waals surface area (Å²) in [6.45, 7) is 3.99. The number of piperidine rings is 2. The molecule has 2 aliphatic rings. The molecule has 0 spiro atoms. The topological polar surface area (TPSA) is 43.8 Å². The zero-order valence-electron chi connectivity index (χ0n) is 14.6. The predicted molar refractivity (Wildman–Crippen MR) is 95.5 cm³/mol. The number of hydrogen-bond donors (Lipinski definition) is 1. The van der Waals surface area contributed by atoms with Gasteiger partial charge in [0.15, 0.2) is 0 Å². The normalized spacial score (nSPS) is 23.6. The molecule has 2 saturated heterocycles. The average molecular weight is 330 g/mol. The molecule has 1 atom stereocenters. The Morgan fingerprint density at radius 2 is 1.79 bits per heavy atom. The molecule has 1 N–H and O–H groups in total. The first-order valence-electron chi connectivity index (χ1n) is 9.45. The van der Waals surface area contributed by atoms with Crippen molar-refractivity contribution in [3.63, 3.8) is 0 Å². The first-order chi connectivity index (χ1) is 11.8. The van der Waals surface area contributed by atoms with Gasteiger partial charge in [0.05, 0.1) is 6.04 Å². The summed E-state index contributed by atoms with van der Waals surface area (Å²) < 4.78 is 0. The van der Waals surface area contributed by atoms with E-state index in [9.17, 15) is 4.79 Å². The number of benzene rings is 1. The molecule has 1 aromatic rings. The van der Waals surface area contributed by atoms with Crippen LogP contribution < -0.4 is 0 Å². The lowest BCUT2D eigenvalue weighted by atomic mass is 9.90. The summed E-state index contributed by atoms with van der Waals surface area (Å²) in [6.07, 6.45) is 6.49. The summed E-state index contributed by atoms with van der Waals surface area (Å²) in [5.74, 6) is 1.05. The molecule has 132 valence electrons. The van der Waals surface area contributed by atoms with E-state index >= 15 is 0 Å². The van der Waals surface area contributed by atoms with Crippen LogP contribution in [0.2, 0.25) is 0 Å². The van der Waals surface area contributed by atoms with E-state index in [0.717, 1.165) is 57.8 Å². The molecule has 0 bridgehead atoms. The highest BCUT2D eigenvalue weighted by molar-refractivity contribution is 5.82. The number of carbonyl (C=O) groups is 1. The number of aliphatic hydroxyl groups is 1. The maximum Gasteiger partial charge on any atom is 0.240 e. The summed E-state index contributed by atoms with van der Waals surface area (Å²) in [5.41, 5.74) is 1.22. The maximum atomic E-state index is 12.9. The Bertz CT molecular complexity index is 512. The predicted octanol–water partition coefficient (Wildman–Crippen LogP) is 2.66. The first kappa shape index (κ1) is 17.4. The van der Waals surface area contributed by atoms with Gasteiger partial charge in [0.1, 0.15) is 0 Å². The van der Waals surface area contributed by atoms with E-state index in [2.05, 4.69) is 17.0 Å². The second-order valence-electron chi connectivity index (χ2n) is 7.25. The molecule has 1 aromatic carbocycles. The summed E-state index contributed by atoms with van der Waals surface area (Å²) >= 11 is 0. The second kappa shape index (κ2) is 8.63. The molecule has 1 amide bonds. The first-order valence-corrected chi connectivity index (χ1v) is 9.45. The van der Waals surface area contributed by atoms with Crippen LogP contribution in [0.15, 0.2) is 30.3 Å². The molecule has 0 aromatic heterocycles. The van der Waals surface area contributed by atoms with Gasteiger partial charge >= 0.3 is 0 Å². The van der Waals surface area contributed by atoms with E-state index in [0.29, 0.717) is 12.5 Å². The number of rotatable bonds is 6. The molecular formula is C20H30N2O2. The minimum atomic E-state index is 0.0845. The zero-order chi connectivity index (χ0) is 16.8. The van der Waals surface area contributed by atoms with E-state index in [4.69, 9.17) is 5.11 Å². The fourth-order valence-corrected chi connectivity index (χ4v) is 4.15. The van der Waals surface area contributed by atoms with Crippen molar-refractivity contribution in [2.75, 3.05) is 26.2 Å². The third kappa shape index (κ3) is 4.37. The van der Waals surface area contributed by atoms with Crippen LogP contribution in [-0.4, -0.2) is 53.1 Å². The number of amides is 1. The lowest BCUT2D eigenvalue weighted by Crippen LogP contribution is -2.53. The largest absolute Gasteiger partial charge is 0.396 e. The summed E-state index contributed by atoms with van der Waals surface area (Å²) in [5, 5.41) is 8.98. The fourth-order valence-electron chi connectivity index (χ4n) is 4.15. The smallest absolute Gasteiger partial charge is 0.240 e. The van der Waals surface area contributed by atoms with Crippen LogP contribution in [0.5, 0.6) is 0 Å². The number of nitrogens with zero attached hydrogens (tertiary/aromatic N) is 2. The summed E-state index contributed by atoms with van der Waals surface area (Å²) in [4.78, 5) is 17.4. The quantitative estimate of drug-likeness (QED) is 0.872. The van der Waals surface area contributed by atoms with E-state index in [-0.39, 0.29) is 6.04 Å². The van der Waals surface area contributed by atoms with Crippen molar-refractivity contribution < 1.29 is 9.90 Å². The van der Waals surface area contributed by atoms with Gasteiger partial charge in [0.2, 0.25) is 5.91 Å². The third-order valence-corrected chi connectivity index (χ3v) is 5.58. The number of carbonyl (C=O) groups excluding carboxylic acids is 1. The van der Waals surface area contributed by atoms with Crippen LogP contribution in [0, 0.1) is 5.92 Å². The van der Waals surface area contributed by atoms with Gasteiger partial charge in [0, 0.05) is 19.7 Å². The van der Waals surface area contributed by atoms with Crippen LogP contribution >= 0.6 is 0 Å². The van der Waals surface area contributed by atoms with Gasteiger partial charge in [-0.3, -0.25) is 9.69 Å². The standard InChI is InChI=1S/C20H30N2O2/c23-15-5-8-17-10-13-21(14-11-17)19-9-4-12-22(20(19)24)16-18-6-2-1-3-7-18/h1-3,6-7,17,19,23H,4-5,8-16H2. The molecule has 0 aliphatic carbocycles. The third-order valence-electron chi connectivity index (χ3n) is 5.58. The Hall–Kier alpha value is -1.39. The van der Waals surface area contributed by atoms with E-state index in [1.807, 2.05) is 23.1 Å². The van der Waals surface area contributed by atoms with Crippen molar-refractivity contribution in [1.82, 2.24) is 9.80 Å². The second-order valence-corrected chi connectivity index (χ2v) is 7.25. The molecule has 1 unspecified atom stereocenters. The lowest BCUT2D eigenvalue weighted by molar-refractivity contribution is -0.141. The van der Waals surface area contributed by atoms with Crippen molar-refractivity contribution in [1.29, 1.82) is 0 Å². The molecule has 0 radical (unpaired) electrons. The maximum absolute atomic E-state index is 12.9. The highest BCUT2D eigenvalue weighted by atomic mass is 16.2. The van der Waals surface area contributed by atoms with Crippen LogP contribution in [0.25, 0.3) is 0 Å². The van der Waals surface area contributed by atoms with Crippen molar-refractivity contribution in [3.8, 4) is 0 Å². The zero-order valence-corrected chi connectivity index (χ0v) is 14.6. The molecular weight excluding hydrogens is 300 g/mol. The van der Waals surface area contributed by atoms with Gasteiger partial charge in [-0.1, -0.05) is 30.3 Å². The van der Waals surface area contributed by atoms with Gasteiger partial charge < -0.3 is 10.0 Å². The minimum Gasteiger partial charge on any atom is -0.396 e. The Labute approximate surface area is 145 Å². The molecule has 2 aliphatic heterocycles.